The molecule has 1 fully saturated rings. The fourth-order valence-corrected chi connectivity index (χ4v) is 3.91. The molecule has 154 valence electrons. The maximum atomic E-state index is 11.7. The Morgan fingerprint density at radius 2 is 2.03 bits per heavy atom. The van der Waals surface area contributed by atoms with E-state index in [-0.39, 0.29) is 24.6 Å². The minimum Gasteiger partial charge on any atom is -0.464 e. The molecule has 0 spiro atoms. The third kappa shape index (κ3) is 4.05. The number of carbonyl (C=O) groups excluding carboxylic acids is 1. The van der Waals surface area contributed by atoms with Gasteiger partial charge in [-0.25, -0.2) is 0 Å². The van der Waals surface area contributed by atoms with Crippen molar-refractivity contribution >= 4 is 34.6 Å². The molecule has 0 radical (unpaired) electrons. The van der Waals surface area contributed by atoms with Crippen molar-refractivity contribution in [3.8, 4) is 0 Å². The van der Waals surface area contributed by atoms with Gasteiger partial charge in [0.2, 0.25) is 5.91 Å². The molecule has 2 N–H and O–H groups in total. The third-order valence-corrected chi connectivity index (χ3v) is 5.17. The van der Waals surface area contributed by atoms with Crippen molar-refractivity contribution < 1.29 is 13.9 Å². The molecule has 7 nitrogen and oxygen atoms in total. The number of carbonyl (C=O) groups is 1. The molecule has 0 unspecified atom stereocenters. The smallest absolute Gasteiger partial charge is 0.250 e. The molecule has 0 saturated carbocycles. The van der Waals surface area contributed by atoms with Crippen molar-refractivity contribution in [1.29, 1.82) is 0 Å². The molecule has 30 heavy (non-hydrogen) atoms. The summed E-state index contributed by atoms with van der Waals surface area (Å²) in [4.78, 5) is 18.3. The number of benzene rings is 1. The second-order valence-electron chi connectivity index (χ2n) is 6.97. The zero-order valence-corrected chi connectivity index (χ0v) is 17.5. The summed E-state index contributed by atoms with van der Waals surface area (Å²) >= 11 is 5.68. The van der Waals surface area contributed by atoms with Gasteiger partial charge in [-0.15, -0.1) is 0 Å². The first-order chi connectivity index (χ1) is 14.6. The Labute approximate surface area is 180 Å². The van der Waals surface area contributed by atoms with Crippen LogP contribution in [-0.2, 0) is 9.53 Å². The minimum atomic E-state index is -0.206. The van der Waals surface area contributed by atoms with Crippen LogP contribution >= 0.6 is 12.2 Å². The van der Waals surface area contributed by atoms with E-state index in [2.05, 4.69) is 15.6 Å². The number of hydrogen-bond acceptors (Lipinski definition) is 5. The highest BCUT2D eigenvalue weighted by Crippen LogP contribution is 2.42. The number of methoxy groups -OCH3 is 1. The fraction of sp³-hybridized carbons (Fsp3) is 0.227. The Balaban J connectivity index is 1.67. The van der Waals surface area contributed by atoms with Crippen molar-refractivity contribution in [2.45, 2.75) is 19.0 Å². The molecule has 0 aliphatic carbocycles. The molecule has 1 amide bonds. The SMILES string of the molecule is COCC(=O)Nc1ccc(N2C(=S)N[C@H](c3ccccn3)[C@@H]2c2ccc(C)o2)cc1. The van der Waals surface area contributed by atoms with E-state index in [0.717, 1.165) is 22.9 Å². The lowest BCUT2D eigenvalue weighted by molar-refractivity contribution is -0.119. The molecule has 0 bridgehead atoms. The molecule has 1 aliphatic rings. The Kier molecular flexibility index (Phi) is 5.78. The molecule has 4 rings (SSSR count). The Bertz CT molecular complexity index is 1040. The van der Waals surface area contributed by atoms with Gasteiger partial charge < -0.3 is 24.7 Å². The van der Waals surface area contributed by atoms with Crippen molar-refractivity contribution in [2.24, 2.45) is 0 Å². The van der Waals surface area contributed by atoms with Crippen LogP contribution < -0.4 is 15.5 Å². The number of amides is 1. The number of aryl methyl sites for hydroxylation is 1. The monoisotopic (exact) mass is 422 g/mol. The van der Waals surface area contributed by atoms with Gasteiger partial charge >= 0.3 is 0 Å². The van der Waals surface area contributed by atoms with Gasteiger partial charge in [-0.2, -0.15) is 0 Å². The average Bonchev–Trinajstić information content (AvgIpc) is 3.32. The maximum absolute atomic E-state index is 11.7. The van der Waals surface area contributed by atoms with Crippen LogP contribution in [0.5, 0.6) is 0 Å². The van der Waals surface area contributed by atoms with Crippen LogP contribution in [0.25, 0.3) is 0 Å². The summed E-state index contributed by atoms with van der Waals surface area (Å²) in [5.41, 5.74) is 2.45. The summed E-state index contributed by atoms with van der Waals surface area (Å²) in [6.07, 6.45) is 1.77. The molecule has 2 aromatic heterocycles. The second-order valence-corrected chi connectivity index (χ2v) is 7.36. The Hall–Kier alpha value is -3.23. The lowest BCUT2D eigenvalue weighted by atomic mass is 10.0. The van der Waals surface area contributed by atoms with Crippen LogP contribution in [0.4, 0.5) is 11.4 Å². The lowest BCUT2D eigenvalue weighted by Crippen LogP contribution is -2.29. The highest BCUT2D eigenvalue weighted by molar-refractivity contribution is 7.80. The van der Waals surface area contributed by atoms with Gasteiger partial charge in [0, 0.05) is 24.7 Å². The highest BCUT2D eigenvalue weighted by Gasteiger charge is 2.42. The number of hydrogen-bond donors (Lipinski definition) is 2. The van der Waals surface area contributed by atoms with Crippen LogP contribution in [-0.4, -0.2) is 29.7 Å². The molecule has 3 heterocycles. The van der Waals surface area contributed by atoms with Crippen molar-refractivity contribution in [2.75, 3.05) is 23.9 Å². The third-order valence-electron chi connectivity index (χ3n) is 4.86. The number of anilines is 2. The first-order valence-corrected chi connectivity index (χ1v) is 9.93. The molecule has 2 atom stereocenters. The summed E-state index contributed by atoms with van der Waals surface area (Å²) in [5, 5.41) is 6.77. The molecule has 3 aromatic rings. The quantitative estimate of drug-likeness (QED) is 0.586. The highest BCUT2D eigenvalue weighted by atomic mass is 32.1. The van der Waals surface area contributed by atoms with E-state index in [9.17, 15) is 4.79 Å². The molecular formula is C22H22N4O3S. The van der Waals surface area contributed by atoms with Crippen molar-refractivity contribution in [3.05, 3.63) is 78.0 Å². The van der Waals surface area contributed by atoms with Crippen LogP contribution in [0.2, 0.25) is 0 Å². The number of rotatable bonds is 6. The number of furan rings is 1. The van der Waals surface area contributed by atoms with E-state index in [1.54, 1.807) is 6.20 Å². The number of nitrogens with zero attached hydrogens (tertiary/aromatic N) is 2. The Morgan fingerprint density at radius 3 is 2.67 bits per heavy atom. The number of nitrogens with one attached hydrogen (secondary N) is 2. The predicted molar refractivity (Wildman–Crippen MR) is 118 cm³/mol. The molecular weight excluding hydrogens is 400 g/mol. The topological polar surface area (TPSA) is 79.6 Å². The molecule has 1 saturated heterocycles. The second kappa shape index (κ2) is 8.64. The average molecular weight is 423 g/mol. The minimum absolute atomic E-state index is 0.00750. The van der Waals surface area contributed by atoms with Crippen LogP contribution in [0.1, 0.15) is 29.3 Å². The number of aromatic nitrogens is 1. The van der Waals surface area contributed by atoms with E-state index in [4.69, 9.17) is 21.4 Å². The normalized spacial score (nSPS) is 18.3. The van der Waals surface area contributed by atoms with E-state index >= 15 is 0 Å². The Morgan fingerprint density at radius 1 is 1.23 bits per heavy atom. The number of thiocarbonyl (C=S) groups is 1. The van der Waals surface area contributed by atoms with Gasteiger partial charge in [0.15, 0.2) is 5.11 Å². The summed E-state index contributed by atoms with van der Waals surface area (Å²) in [5.74, 6) is 1.43. The first kappa shape index (κ1) is 20.1. The summed E-state index contributed by atoms with van der Waals surface area (Å²) in [7, 11) is 1.48. The van der Waals surface area contributed by atoms with Crippen molar-refractivity contribution in [1.82, 2.24) is 10.3 Å². The van der Waals surface area contributed by atoms with Gasteiger partial charge in [-0.05, 0) is 67.7 Å². The van der Waals surface area contributed by atoms with E-state index in [1.807, 2.05) is 66.4 Å². The number of pyridine rings is 1. The summed E-state index contributed by atoms with van der Waals surface area (Å²) in [6, 6.07) is 16.9. The lowest BCUT2D eigenvalue weighted by Gasteiger charge is -2.26. The standard InChI is InChI=1S/C22H22N4O3S/c1-14-6-11-18(29-14)21-20(17-5-3-4-12-23-17)25-22(30)26(21)16-9-7-15(8-10-16)24-19(27)13-28-2/h3-12,20-21H,13H2,1-2H3,(H,24,27)(H,25,30)/t20-,21+/m1/s1. The van der Waals surface area contributed by atoms with Crippen molar-refractivity contribution in [3.63, 3.8) is 0 Å². The van der Waals surface area contributed by atoms with E-state index in [1.165, 1.54) is 7.11 Å². The first-order valence-electron chi connectivity index (χ1n) is 9.52. The van der Waals surface area contributed by atoms with Gasteiger partial charge in [-0.3, -0.25) is 9.78 Å². The van der Waals surface area contributed by atoms with Crippen LogP contribution in [0, 0.1) is 6.92 Å². The van der Waals surface area contributed by atoms with E-state index < -0.39 is 0 Å². The fourth-order valence-electron chi connectivity index (χ4n) is 3.57. The van der Waals surface area contributed by atoms with E-state index in [0.29, 0.717) is 10.8 Å². The van der Waals surface area contributed by atoms with Gasteiger partial charge in [0.05, 0.1) is 11.7 Å². The predicted octanol–water partition coefficient (Wildman–Crippen LogP) is 3.75. The summed E-state index contributed by atoms with van der Waals surface area (Å²) < 4.78 is 10.8. The zero-order valence-electron chi connectivity index (χ0n) is 16.7. The van der Waals surface area contributed by atoms with Gasteiger partial charge in [0.1, 0.15) is 24.2 Å². The molecule has 1 aromatic carbocycles. The largest absolute Gasteiger partial charge is 0.464 e. The summed E-state index contributed by atoms with van der Waals surface area (Å²) in [6.45, 7) is 1.93. The van der Waals surface area contributed by atoms with Crippen LogP contribution in [0.3, 0.4) is 0 Å². The number of ether oxygens (including phenoxy) is 1. The molecule has 1 aliphatic heterocycles. The van der Waals surface area contributed by atoms with Gasteiger partial charge in [0.25, 0.3) is 0 Å². The molecule has 8 heteroatoms. The van der Waals surface area contributed by atoms with Gasteiger partial charge in [-0.1, -0.05) is 6.07 Å². The zero-order chi connectivity index (χ0) is 21.1. The maximum Gasteiger partial charge on any atom is 0.250 e. The van der Waals surface area contributed by atoms with Crippen LogP contribution in [0.15, 0.2) is 65.2 Å².